The first-order chi connectivity index (χ1) is 9.65. The Kier molecular flexibility index (Phi) is 3.40. The van der Waals surface area contributed by atoms with Crippen molar-refractivity contribution in [2.24, 2.45) is 0 Å². The summed E-state index contributed by atoms with van der Waals surface area (Å²) in [5.74, 6) is -0.707. The quantitative estimate of drug-likeness (QED) is 0.931. The number of hydrogen-bond donors (Lipinski definition) is 1. The van der Waals surface area contributed by atoms with Gasteiger partial charge in [0.1, 0.15) is 6.04 Å². The average molecular weight is 270 g/mol. The zero-order valence-electron chi connectivity index (χ0n) is 11.5. The van der Waals surface area contributed by atoms with E-state index in [2.05, 4.69) is 35.0 Å². The Morgan fingerprint density at radius 1 is 1.50 bits per heavy atom. The van der Waals surface area contributed by atoms with Crippen LogP contribution in [-0.2, 0) is 11.3 Å². The second-order valence-electron chi connectivity index (χ2n) is 5.45. The van der Waals surface area contributed by atoms with Crippen LogP contribution in [0.1, 0.15) is 24.0 Å². The molecule has 2 heterocycles. The van der Waals surface area contributed by atoms with Gasteiger partial charge in [-0.2, -0.15) is 0 Å². The third kappa shape index (κ3) is 2.39. The maximum absolute atomic E-state index is 11.2. The van der Waals surface area contributed by atoms with Crippen LogP contribution in [0.3, 0.4) is 0 Å². The van der Waals surface area contributed by atoms with Crippen molar-refractivity contribution in [3.8, 4) is 0 Å². The number of fused-ring (bicyclic) bond motifs is 1. The van der Waals surface area contributed by atoms with Crippen LogP contribution in [0.5, 0.6) is 0 Å². The Morgan fingerprint density at radius 2 is 2.35 bits per heavy atom. The van der Waals surface area contributed by atoms with Gasteiger partial charge in [0.15, 0.2) is 0 Å². The number of rotatable bonds is 3. The molecule has 0 amide bonds. The van der Waals surface area contributed by atoms with E-state index in [0.717, 1.165) is 41.4 Å². The number of nitrogens with zero attached hydrogens (tertiary/aromatic N) is 2. The van der Waals surface area contributed by atoms with Crippen molar-refractivity contribution < 1.29 is 9.90 Å². The molecule has 1 aliphatic rings. The second-order valence-corrected chi connectivity index (χ2v) is 5.45. The summed E-state index contributed by atoms with van der Waals surface area (Å²) in [6.07, 6.45) is 3.52. The van der Waals surface area contributed by atoms with Crippen LogP contribution in [0.2, 0.25) is 0 Å². The zero-order chi connectivity index (χ0) is 14.1. The van der Waals surface area contributed by atoms with E-state index in [1.54, 1.807) is 6.20 Å². The Bertz CT molecular complexity index is 654. The smallest absolute Gasteiger partial charge is 0.320 e. The molecule has 3 rings (SSSR count). The summed E-state index contributed by atoms with van der Waals surface area (Å²) in [7, 11) is 0. The predicted molar refractivity (Wildman–Crippen MR) is 77.5 cm³/mol. The highest BCUT2D eigenvalue weighted by molar-refractivity contribution is 5.82. The van der Waals surface area contributed by atoms with Crippen molar-refractivity contribution in [3.05, 3.63) is 41.6 Å². The lowest BCUT2D eigenvalue weighted by atomic mass is 10.1. The van der Waals surface area contributed by atoms with Crippen molar-refractivity contribution in [3.63, 3.8) is 0 Å². The van der Waals surface area contributed by atoms with Crippen LogP contribution in [-0.4, -0.2) is 33.5 Å². The Balaban J connectivity index is 1.89. The first kappa shape index (κ1) is 13.1. The molecule has 0 bridgehead atoms. The highest BCUT2D eigenvalue weighted by Crippen LogP contribution is 2.23. The summed E-state index contributed by atoms with van der Waals surface area (Å²) in [4.78, 5) is 17.7. The van der Waals surface area contributed by atoms with Crippen molar-refractivity contribution in [2.45, 2.75) is 32.4 Å². The summed E-state index contributed by atoms with van der Waals surface area (Å²) in [6.45, 7) is 3.61. The molecule has 1 aromatic carbocycles. The lowest BCUT2D eigenvalue weighted by molar-refractivity contribution is -0.142. The van der Waals surface area contributed by atoms with Gasteiger partial charge >= 0.3 is 5.97 Å². The standard InChI is InChI=1S/C16H18N2O2/c1-11-8-12(9-13-4-2-6-17-15(11)13)10-18-7-3-5-14(18)16(19)20/h2,4,6,8-9,14H,3,5,7,10H2,1H3,(H,19,20). The van der Waals surface area contributed by atoms with Gasteiger partial charge in [-0.05, 0) is 49.6 Å². The summed E-state index contributed by atoms with van der Waals surface area (Å²) in [5.41, 5.74) is 3.33. The molecule has 0 saturated carbocycles. The van der Waals surface area contributed by atoms with Crippen LogP contribution in [0, 0.1) is 6.92 Å². The number of carboxylic acid groups (broad SMARTS) is 1. The molecule has 1 atom stereocenters. The van der Waals surface area contributed by atoms with Gasteiger partial charge in [-0.15, -0.1) is 0 Å². The van der Waals surface area contributed by atoms with Gasteiger partial charge in [0.25, 0.3) is 0 Å². The number of hydrogen-bond acceptors (Lipinski definition) is 3. The van der Waals surface area contributed by atoms with Gasteiger partial charge in [0, 0.05) is 18.1 Å². The second kappa shape index (κ2) is 5.21. The molecule has 1 unspecified atom stereocenters. The Labute approximate surface area is 118 Å². The number of carboxylic acids is 1. The zero-order valence-corrected chi connectivity index (χ0v) is 11.5. The minimum absolute atomic E-state index is 0.333. The van der Waals surface area contributed by atoms with E-state index in [9.17, 15) is 9.90 Å². The van der Waals surface area contributed by atoms with Gasteiger partial charge in [0.2, 0.25) is 0 Å². The molecule has 4 heteroatoms. The fourth-order valence-electron chi connectivity index (χ4n) is 3.07. The number of benzene rings is 1. The molecule has 0 radical (unpaired) electrons. The molecule has 1 N–H and O–H groups in total. The van der Waals surface area contributed by atoms with Crippen LogP contribution >= 0.6 is 0 Å². The lowest BCUT2D eigenvalue weighted by Crippen LogP contribution is -2.35. The van der Waals surface area contributed by atoms with E-state index in [1.807, 2.05) is 6.07 Å². The Hall–Kier alpha value is -1.94. The van der Waals surface area contributed by atoms with E-state index < -0.39 is 5.97 Å². The van der Waals surface area contributed by atoms with E-state index >= 15 is 0 Å². The van der Waals surface area contributed by atoms with Crippen molar-refractivity contribution >= 4 is 16.9 Å². The van der Waals surface area contributed by atoms with E-state index in [4.69, 9.17) is 0 Å². The highest BCUT2D eigenvalue weighted by Gasteiger charge is 2.30. The molecule has 20 heavy (non-hydrogen) atoms. The average Bonchev–Trinajstić information content (AvgIpc) is 2.87. The van der Waals surface area contributed by atoms with Gasteiger partial charge in [-0.25, -0.2) is 0 Å². The first-order valence-electron chi connectivity index (χ1n) is 6.96. The number of aromatic nitrogens is 1. The number of likely N-dealkylation sites (tertiary alicyclic amines) is 1. The van der Waals surface area contributed by atoms with Crippen LogP contribution < -0.4 is 0 Å². The number of aryl methyl sites for hydroxylation is 1. The van der Waals surface area contributed by atoms with Crippen LogP contribution in [0.4, 0.5) is 0 Å². The van der Waals surface area contributed by atoms with Gasteiger partial charge in [0.05, 0.1) is 5.52 Å². The maximum Gasteiger partial charge on any atom is 0.320 e. The molecule has 1 aliphatic heterocycles. The van der Waals surface area contributed by atoms with E-state index in [1.165, 1.54) is 0 Å². The summed E-state index contributed by atoms with van der Waals surface area (Å²) in [5, 5.41) is 10.4. The van der Waals surface area contributed by atoms with Crippen molar-refractivity contribution in [1.29, 1.82) is 0 Å². The third-order valence-corrected chi connectivity index (χ3v) is 3.99. The highest BCUT2D eigenvalue weighted by atomic mass is 16.4. The van der Waals surface area contributed by atoms with Crippen molar-refractivity contribution in [2.75, 3.05) is 6.54 Å². The normalized spacial score (nSPS) is 19.6. The number of pyridine rings is 1. The van der Waals surface area contributed by atoms with E-state index in [-0.39, 0.29) is 6.04 Å². The van der Waals surface area contributed by atoms with E-state index in [0.29, 0.717) is 6.54 Å². The largest absolute Gasteiger partial charge is 0.480 e. The molecular weight excluding hydrogens is 252 g/mol. The SMILES string of the molecule is Cc1cc(CN2CCCC2C(=O)O)cc2cccnc12. The third-order valence-electron chi connectivity index (χ3n) is 3.99. The summed E-state index contributed by atoms with van der Waals surface area (Å²) in [6, 6.07) is 7.89. The summed E-state index contributed by atoms with van der Waals surface area (Å²) < 4.78 is 0. The van der Waals surface area contributed by atoms with Gasteiger partial charge in [-0.3, -0.25) is 14.7 Å². The fourth-order valence-corrected chi connectivity index (χ4v) is 3.07. The van der Waals surface area contributed by atoms with Crippen molar-refractivity contribution in [1.82, 2.24) is 9.88 Å². The molecule has 0 spiro atoms. The topological polar surface area (TPSA) is 53.4 Å². The molecule has 0 aliphatic carbocycles. The molecule has 4 nitrogen and oxygen atoms in total. The minimum atomic E-state index is -0.707. The maximum atomic E-state index is 11.2. The monoisotopic (exact) mass is 270 g/mol. The first-order valence-corrected chi connectivity index (χ1v) is 6.96. The molecule has 104 valence electrons. The number of carbonyl (C=O) groups is 1. The van der Waals surface area contributed by atoms with Crippen LogP contribution in [0.15, 0.2) is 30.5 Å². The molecular formula is C16H18N2O2. The lowest BCUT2D eigenvalue weighted by Gasteiger charge is -2.21. The van der Waals surface area contributed by atoms with Gasteiger partial charge in [-0.1, -0.05) is 12.1 Å². The minimum Gasteiger partial charge on any atom is -0.480 e. The molecule has 2 aromatic rings. The van der Waals surface area contributed by atoms with Gasteiger partial charge < -0.3 is 5.11 Å². The van der Waals surface area contributed by atoms with Crippen LogP contribution in [0.25, 0.3) is 10.9 Å². The summed E-state index contributed by atoms with van der Waals surface area (Å²) >= 11 is 0. The fraction of sp³-hybridized carbons (Fsp3) is 0.375. The molecule has 1 aromatic heterocycles. The Morgan fingerprint density at radius 3 is 3.15 bits per heavy atom. The molecule has 1 fully saturated rings. The predicted octanol–water partition coefficient (Wildman–Crippen LogP) is 2.59. The number of aliphatic carboxylic acids is 1. The molecule has 1 saturated heterocycles.